The molecule has 0 unspecified atom stereocenters. The molecular weight excluding hydrogens is 431 g/mol. The van der Waals surface area contributed by atoms with E-state index in [1.807, 2.05) is 38.1 Å². The lowest BCUT2D eigenvalue weighted by Gasteiger charge is -2.18. The first-order valence-electron chi connectivity index (χ1n) is 10.1. The molecule has 0 saturated carbocycles. The second kappa shape index (κ2) is 9.82. The Morgan fingerprint density at radius 3 is 2.09 bits per heavy atom. The van der Waals surface area contributed by atoms with Crippen LogP contribution in [0, 0.1) is 5.82 Å². The van der Waals surface area contributed by atoms with E-state index < -0.39 is 21.9 Å². The number of hydrogen-bond acceptors (Lipinski definition) is 4. The van der Waals surface area contributed by atoms with Gasteiger partial charge in [-0.05, 0) is 73.0 Å². The first-order valence-corrected chi connectivity index (χ1v) is 11.6. The van der Waals surface area contributed by atoms with Gasteiger partial charge in [-0.1, -0.05) is 32.0 Å². The normalized spacial score (nSPS) is 12.3. The number of nitrogens with one attached hydrogen (secondary N) is 2. The topological polar surface area (TPSA) is 84.5 Å². The molecule has 3 rings (SSSR count). The molecule has 0 heterocycles. The highest BCUT2D eigenvalue weighted by molar-refractivity contribution is 7.92. The number of benzene rings is 3. The van der Waals surface area contributed by atoms with Crippen LogP contribution in [0.15, 0.2) is 77.7 Å². The van der Waals surface area contributed by atoms with E-state index in [1.54, 1.807) is 6.92 Å². The highest BCUT2D eigenvalue weighted by atomic mass is 32.2. The Balaban J connectivity index is 1.64. The minimum Gasteiger partial charge on any atom is -0.481 e. The van der Waals surface area contributed by atoms with Crippen LogP contribution in [0.3, 0.4) is 0 Å². The number of rotatable bonds is 8. The fourth-order valence-electron chi connectivity index (χ4n) is 3.00. The minimum absolute atomic E-state index is 0.00924. The molecule has 0 aromatic heterocycles. The highest BCUT2D eigenvalue weighted by Crippen LogP contribution is 2.27. The van der Waals surface area contributed by atoms with Crippen molar-refractivity contribution in [3.8, 4) is 5.75 Å². The number of halogens is 1. The number of anilines is 2. The summed E-state index contributed by atoms with van der Waals surface area (Å²) in [7, 11) is -3.85. The zero-order valence-corrected chi connectivity index (χ0v) is 18.8. The van der Waals surface area contributed by atoms with E-state index >= 15 is 0 Å². The van der Waals surface area contributed by atoms with E-state index in [-0.39, 0.29) is 22.4 Å². The molecule has 0 aliphatic heterocycles. The van der Waals surface area contributed by atoms with E-state index in [1.165, 1.54) is 48.5 Å². The minimum atomic E-state index is -3.85. The summed E-state index contributed by atoms with van der Waals surface area (Å²) < 4.78 is 46.2. The van der Waals surface area contributed by atoms with E-state index in [4.69, 9.17) is 4.74 Å². The molecule has 0 aliphatic rings. The van der Waals surface area contributed by atoms with Gasteiger partial charge in [0.05, 0.1) is 4.90 Å². The largest absolute Gasteiger partial charge is 0.481 e. The summed E-state index contributed by atoms with van der Waals surface area (Å²) in [6, 6.07) is 18.3. The fraction of sp³-hybridized carbons (Fsp3) is 0.208. The molecule has 1 atom stereocenters. The van der Waals surface area contributed by atoms with Crippen LogP contribution in [0.1, 0.15) is 32.3 Å². The van der Waals surface area contributed by atoms with E-state index in [2.05, 4.69) is 10.0 Å². The van der Waals surface area contributed by atoms with Gasteiger partial charge < -0.3 is 10.1 Å². The molecule has 0 fully saturated rings. The van der Waals surface area contributed by atoms with Crippen molar-refractivity contribution in [1.29, 1.82) is 0 Å². The zero-order valence-electron chi connectivity index (χ0n) is 18.0. The van der Waals surface area contributed by atoms with Gasteiger partial charge in [-0.15, -0.1) is 0 Å². The second-order valence-corrected chi connectivity index (χ2v) is 9.26. The number of ether oxygens (including phenoxy) is 1. The Kier molecular flexibility index (Phi) is 7.15. The average molecular weight is 457 g/mol. The van der Waals surface area contributed by atoms with Gasteiger partial charge in [-0.3, -0.25) is 9.52 Å². The molecular formula is C24H25FN2O4S. The van der Waals surface area contributed by atoms with Crippen LogP contribution in [0.5, 0.6) is 5.75 Å². The third-order valence-corrected chi connectivity index (χ3v) is 6.14. The Morgan fingerprint density at radius 2 is 1.47 bits per heavy atom. The van der Waals surface area contributed by atoms with Crippen LogP contribution >= 0.6 is 0 Å². The van der Waals surface area contributed by atoms with Crippen molar-refractivity contribution in [2.24, 2.45) is 0 Å². The fourth-order valence-corrected chi connectivity index (χ4v) is 4.06. The number of hydrogen-bond donors (Lipinski definition) is 2. The second-order valence-electron chi connectivity index (χ2n) is 7.58. The predicted octanol–water partition coefficient (Wildman–Crippen LogP) is 5.16. The standard InChI is InChI=1S/C24H25FN2O4S/c1-16(2)22-6-4-5-7-23(22)31-17(3)24(28)26-19-12-14-21(15-13-19)32(29,30)27-20-10-8-18(25)9-11-20/h4-17,27H,1-3H3,(H,26,28)/t17-/m1/s1. The summed E-state index contributed by atoms with van der Waals surface area (Å²) in [5.74, 6) is 0.0838. The van der Waals surface area contributed by atoms with E-state index in [9.17, 15) is 17.6 Å². The SMILES string of the molecule is CC(C)c1ccccc1O[C@H](C)C(=O)Nc1ccc(S(=O)(=O)Nc2ccc(F)cc2)cc1. The van der Waals surface area contributed by atoms with Crippen LogP contribution in [-0.2, 0) is 14.8 Å². The van der Waals surface area contributed by atoms with Crippen molar-refractivity contribution in [3.63, 3.8) is 0 Å². The lowest BCUT2D eigenvalue weighted by molar-refractivity contribution is -0.122. The number of carbonyl (C=O) groups excluding carboxylic acids is 1. The molecule has 2 N–H and O–H groups in total. The molecule has 168 valence electrons. The third-order valence-electron chi connectivity index (χ3n) is 4.74. The Morgan fingerprint density at radius 1 is 0.875 bits per heavy atom. The first kappa shape index (κ1) is 23.3. The highest BCUT2D eigenvalue weighted by Gasteiger charge is 2.18. The molecule has 0 aliphatic carbocycles. The van der Waals surface area contributed by atoms with Crippen LogP contribution in [0.25, 0.3) is 0 Å². The average Bonchev–Trinajstić information content (AvgIpc) is 2.76. The number of para-hydroxylation sites is 1. The van der Waals surface area contributed by atoms with Gasteiger partial charge in [-0.2, -0.15) is 0 Å². The Hall–Kier alpha value is -3.39. The van der Waals surface area contributed by atoms with Crippen molar-refractivity contribution in [2.45, 2.75) is 37.7 Å². The molecule has 0 bridgehead atoms. The van der Waals surface area contributed by atoms with Gasteiger partial charge in [0.1, 0.15) is 11.6 Å². The Bertz CT molecular complexity index is 1180. The number of carbonyl (C=O) groups is 1. The van der Waals surface area contributed by atoms with Gasteiger partial charge >= 0.3 is 0 Å². The van der Waals surface area contributed by atoms with Gasteiger partial charge in [0.25, 0.3) is 15.9 Å². The van der Waals surface area contributed by atoms with Crippen LogP contribution in [0.4, 0.5) is 15.8 Å². The predicted molar refractivity (Wildman–Crippen MR) is 123 cm³/mol. The van der Waals surface area contributed by atoms with Crippen molar-refractivity contribution >= 4 is 27.3 Å². The maximum atomic E-state index is 13.0. The van der Waals surface area contributed by atoms with Crippen molar-refractivity contribution in [1.82, 2.24) is 0 Å². The smallest absolute Gasteiger partial charge is 0.265 e. The lowest BCUT2D eigenvalue weighted by Crippen LogP contribution is -2.30. The molecule has 8 heteroatoms. The summed E-state index contributed by atoms with van der Waals surface area (Å²) in [6.07, 6.45) is -0.751. The van der Waals surface area contributed by atoms with Gasteiger partial charge in [-0.25, -0.2) is 12.8 Å². The third kappa shape index (κ3) is 5.85. The first-order chi connectivity index (χ1) is 15.2. The Labute approximate surface area is 187 Å². The summed E-state index contributed by atoms with van der Waals surface area (Å²) in [4.78, 5) is 12.6. The van der Waals surface area contributed by atoms with E-state index in [0.717, 1.165) is 5.56 Å². The van der Waals surface area contributed by atoms with Crippen molar-refractivity contribution in [3.05, 3.63) is 84.2 Å². The van der Waals surface area contributed by atoms with Gasteiger partial charge in [0, 0.05) is 11.4 Å². The molecule has 3 aromatic rings. The monoisotopic (exact) mass is 456 g/mol. The molecule has 3 aromatic carbocycles. The van der Waals surface area contributed by atoms with Crippen molar-refractivity contribution < 1.29 is 22.3 Å². The molecule has 6 nitrogen and oxygen atoms in total. The zero-order chi connectivity index (χ0) is 23.3. The van der Waals surface area contributed by atoms with E-state index in [0.29, 0.717) is 11.4 Å². The maximum absolute atomic E-state index is 13.0. The van der Waals surface area contributed by atoms with Gasteiger partial charge in [0.2, 0.25) is 0 Å². The van der Waals surface area contributed by atoms with Crippen molar-refractivity contribution in [2.75, 3.05) is 10.0 Å². The quantitative estimate of drug-likeness (QED) is 0.491. The molecule has 32 heavy (non-hydrogen) atoms. The lowest BCUT2D eigenvalue weighted by atomic mass is 10.0. The van der Waals surface area contributed by atoms with Crippen LogP contribution < -0.4 is 14.8 Å². The molecule has 1 amide bonds. The molecule has 0 radical (unpaired) electrons. The number of amides is 1. The summed E-state index contributed by atoms with van der Waals surface area (Å²) in [6.45, 7) is 5.75. The van der Waals surface area contributed by atoms with Gasteiger partial charge in [0.15, 0.2) is 6.10 Å². The molecule has 0 saturated heterocycles. The summed E-state index contributed by atoms with van der Waals surface area (Å²) in [5, 5.41) is 2.72. The summed E-state index contributed by atoms with van der Waals surface area (Å²) >= 11 is 0. The van der Waals surface area contributed by atoms with Crippen LogP contribution in [0.2, 0.25) is 0 Å². The maximum Gasteiger partial charge on any atom is 0.265 e. The van der Waals surface area contributed by atoms with Crippen LogP contribution in [-0.4, -0.2) is 20.4 Å². The molecule has 0 spiro atoms. The number of sulfonamides is 1. The summed E-state index contributed by atoms with van der Waals surface area (Å²) in [5.41, 5.74) is 1.69.